The van der Waals surface area contributed by atoms with Crippen LogP contribution in [0.15, 0.2) is 42.5 Å². The number of hydrogen-bond acceptors (Lipinski definition) is 1. The van der Waals surface area contributed by atoms with Crippen LogP contribution in [-0.4, -0.2) is 6.54 Å². The Balaban J connectivity index is 2.35. The van der Waals surface area contributed by atoms with E-state index < -0.39 is 0 Å². The number of halogens is 1. The molecule has 0 radical (unpaired) electrons. The number of rotatable bonds is 4. The molecule has 0 aliphatic carbocycles. The van der Waals surface area contributed by atoms with Gasteiger partial charge in [-0.2, -0.15) is 0 Å². The minimum Gasteiger partial charge on any atom is -0.313 e. The maximum atomic E-state index is 13.8. The number of aryl methyl sites for hydroxylation is 1. The van der Waals surface area contributed by atoms with Crippen molar-refractivity contribution in [3.05, 3.63) is 59.4 Å². The molecule has 0 aliphatic rings. The van der Waals surface area contributed by atoms with E-state index in [4.69, 9.17) is 0 Å². The molecule has 2 rings (SSSR count). The molecule has 0 atom stereocenters. The van der Waals surface area contributed by atoms with Gasteiger partial charge in [0.15, 0.2) is 0 Å². The molecule has 2 aromatic carbocycles. The Bertz CT molecular complexity index is 534. The van der Waals surface area contributed by atoms with E-state index in [9.17, 15) is 4.39 Å². The third-order valence-corrected chi connectivity index (χ3v) is 2.94. The Morgan fingerprint density at radius 1 is 1.11 bits per heavy atom. The van der Waals surface area contributed by atoms with Crippen molar-refractivity contribution in [2.45, 2.75) is 20.4 Å². The molecule has 0 bridgehead atoms. The normalized spacial score (nSPS) is 10.6. The Morgan fingerprint density at radius 3 is 2.72 bits per heavy atom. The van der Waals surface area contributed by atoms with Gasteiger partial charge in [0.1, 0.15) is 5.82 Å². The van der Waals surface area contributed by atoms with Gasteiger partial charge in [-0.1, -0.05) is 36.8 Å². The highest BCUT2D eigenvalue weighted by atomic mass is 19.1. The molecule has 0 saturated carbocycles. The summed E-state index contributed by atoms with van der Waals surface area (Å²) in [6.07, 6.45) is 0. The third kappa shape index (κ3) is 2.96. The van der Waals surface area contributed by atoms with Crippen LogP contribution in [0.2, 0.25) is 0 Å². The van der Waals surface area contributed by atoms with E-state index in [1.165, 1.54) is 11.6 Å². The molecule has 0 fully saturated rings. The first-order chi connectivity index (χ1) is 8.70. The minimum absolute atomic E-state index is 0.166. The van der Waals surface area contributed by atoms with Crippen LogP contribution in [0.25, 0.3) is 11.1 Å². The standard InChI is InChI=1S/C16H18FN/c1-3-18-11-13-5-4-6-14(10-13)15-9-12(2)7-8-16(15)17/h4-10,18H,3,11H2,1-2H3. The van der Waals surface area contributed by atoms with Crippen molar-refractivity contribution in [1.29, 1.82) is 0 Å². The highest BCUT2D eigenvalue weighted by Crippen LogP contribution is 2.24. The van der Waals surface area contributed by atoms with Crippen LogP contribution in [0, 0.1) is 12.7 Å². The quantitative estimate of drug-likeness (QED) is 0.858. The average molecular weight is 243 g/mol. The van der Waals surface area contributed by atoms with Crippen molar-refractivity contribution >= 4 is 0 Å². The molecular weight excluding hydrogens is 225 g/mol. The van der Waals surface area contributed by atoms with E-state index in [1.807, 2.05) is 31.2 Å². The van der Waals surface area contributed by atoms with E-state index in [0.29, 0.717) is 5.56 Å². The summed E-state index contributed by atoms with van der Waals surface area (Å²) in [5, 5.41) is 3.28. The summed E-state index contributed by atoms with van der Waals surface area (Å²) in [5.41, 5.74) is 3.86. The molecule has 0 aromatic heterocycles. The molecule has 0 spiro atoms. The second-order valence-corrected chi connectivity index (χ2v) is 4.46. The van der Waals surface area contributed by atoms with Gasteiger partial charge in [0.05, 0.1) is 0 Å². The molecule has 0 aliphatic heterocycles. The van der Waals surface area contributed by atoms with Crippen LogP contribution >= 0.6 is 0 Å². The second-order valence-electron chi connectivity index (χ2n) is 4.46. The fourth-order valence-electron chi connectivity index (χ4n) is 1.98. The lowest BCUT2D eigenvalue weighted by Gasteiger charge is -2.08. The number of hydrogen-bond donors (Lipinski definition) is 1. The molecular formula is C16H18FN. The van der Waals surface area contributed by atoms with Gasteiger partial charge in [0.25, 0.3) is 0 Å². The lowest BCUT2D eigenvalue weighted by Crippen LogP contribution is -2.11. The van der Waals surface area contributed by atoms with E-state index in [2.05, 4.69) is 18.3 Å². The molecule has 2 aromatic rings. The summed E-state index contributed by atoms with van der Waals surface area (Å²) in [7, 11) is 0. The average Bonchev–Trinajstić information content (AvgIpc) is 2.39. The van der Waals surface area contributed by atoms with Gasteiger partial charge in [0, 0.05) is 12.1 Å². The summed E-state index contributed by atoms with van der Waals surface area (Å²) in [4.78, 5) is 0. The van der Waals surface area contributed by atoms with Crippen LogP contribution in [0.1, 0.15) is 18.1 Å². The Hall–Kier alpha value is -1.67. The van der Waals surface area contributed by atoms with Crippen LogP contribution in [0.4, 0.5) is 4.39 Å². The van der Waals surface area contributed by atoms with Crippen molar-refractivity contribution in [1.82, 2.24) is 5.32 Å². The van der Waals surface area contributed by atoms with Crippen LogP contribution < -0.4 is 5.32 Å². The van der Waals surface area contributed by atoms with E-state index in [1.54, 1.807) is 6.07 Å². The molecule has 18 heavy (non-hydrogen) atoms. The maximum Gasteiger partial charge on any atom is 0.131 e. The Kier molecular flexibility index (Phi) is 4.11. The van der Waals surface area contributed by atoms with Crippen molar-refractivity contribution < 1.29 is 4.39 Å². The molecule has 0 saturated heterocycles. The van der Waals surface area contributed by atoms with Gasteiger partial charge < -0.3 is 5.32 Å². The molecule has 1 N–H and O–H groups in total. The van der Waals surface area contributed by atoms with Gasteiger partial charge in [-0.05, 0) is 42.8 Å². The van der Waals surface area contributed by atoms with Gasteiger partial charge in [-0.3, -0.25) is 0 Å². The summed E-state index contributed by atoms with van der Waals surface area (Å²) in [6, 6.07) is 13.2. The molecule has 0 heterocycles. The van der Waals surface area contributed by atoms with Crippen LogP contribution in [0.5, 0.6) is 0 Å². The zero-order chi connectivity index (χ0) is 13.0. The molecule has 0 unspecified atom stereocenters. The Morgan fingerprint density at radius 2 is 1.94 bits per heavy atom. The van der Waals surface area contributed by atoms with Gasteiger partial charge in [0.2, 0.25) is 0 Å². The molecule has 2 heteroatoms. The Labute approximate surface area is 108 Å². The van der Waals surface area contributed by atoms with Crippen molar-refractivity contribution in [3.8, 4) is 11.1 Å². The van der Waals surface area contributed by atoms with Crippen LogP contribution in [-0.2, 0) is 6.54 Å². The smallest absolute Gasteiger partial charge is 0.131 e. The van der Waals surface area contributed by atoms with Gasteiger partial charge in [-0.15, -0.1) is 0 Å². The van der Waals surface area contributed by atoms with Crippen molar-refractivity contribution in [2.75, 3.05) is 6.54 Å². The highest BCUT2D eigenvalue weighted by Gasteiger charge is 2.05. The van der Waals surface area contributed by atoms with E-state index in [-0.39, 0.29) is 5.82 Å². The topological polar surface area (TPSA) is 12.0 Å². The van der Waals surface area contributed by atoms with Crippen molar-refractivity contribution in [2.24, 2.45) is 0 Å². The predicted octanol–water partition coefficient (Wildman–Crippen LogP) is 3.91. The third-order valence-electron chi connectivity index (χ3n) is 2.94. The first kappa shape index (κ1) is 12.8. The summed E-state index contributed by atoms with van der Waals surface area (Å²) in [5.74, 6) is -0.166. The first-order valence-corrected chi connectivity index (χ1v) is 6.27. The molecule has 94 valence electrons. The van der Waals surface area contributed by atoms with Gasteiger partial charge >= 0.3 is 0 Å². The van der Waals surface area contributed by atoms with Gasteiger partial charge in [-0.25, -0.2) is 4.39 Å². The fraction of sp³-hybridized carbons (Fsp3) is 0.250. The first-order valence-electron chi connectivity index (χ1n) is 6.27. The zero-order valence-electron chi connectivity index (χ0n) is 10.8. The second kappa shape index (κ2) is 5.78. The van der Waals surface area contributed by atoms with Crippen molar-refractivity contribution in [3.63, 3.8) is 0 Å². The van der Waals surface area contributed by atoms with E-state index in [0.717, 1.165) is 24.2 Å². The summed E-state index contributed by atoms with van der Waals surface area (Å²) >= 11 is 0. The fourth-order valence-corrected chi connectivity index (χ4v) is 1.98. The number of benzene rings is 2. The molecule has 1 nitrogen and oxygen atoms in total. The lowest BCUT2D eigenvalue weighted by atomic mass is 10.0. The SMILES string of the molecule is CCNCc1cccc(-c2cc(C)ccc2F)c1. The summed E-state index contributed by atoms with van der Waals surface area (Å²) in [6.45, 7) is 5.80. The molecule has 0 amide bonds. The summed E-state index contributed by atoms with van der Waals surface area (Å²) < 4.78 is 13.8. The number of nitrogens with one attached hydrogen (secondary N) is 1. The zero-order valence-corrected chi connectivity index (χ0v) is 10.8. The van der Waals surface area contributed by atoms with E-state index >= 15 is 0 Å². The monoisotopic (exact) mass is 243 g/mol. The van der Waals surface area contributed by atoms with Crippen LogP contribution in [0.3, 0.4) is 0 Å². The maximum absolute atomic E-state index is 13.8. The largest absolute Gasteiger partial charge is 0.313 e. The minimum atomic E-state index is -0.166. The predicted molar refractivity (Wildman–Crippen MR) is 74.0 cm³/mol. The lowest BCUT2D eigenvalue weighted by molar-refractivity contribution is 0.631. The highest BCUT2D eigenvalue weighted by molar-refractivity contribution is 5.65.